The Bertz CT molecular complexity index is 570. The Morgan fingerprint density at radius 1 is 1.08 bits per heavy atom. The zero-order valence-corrected chi connectivity index (χ0v) is 14.1. The van der Waals surface area contributed by atoms with Crippen LogP contribution in [0.2, 0.25) is 0 Å². The van der Waals surface area contributed by atoms with Gasteiger partial charge in [0.05, 0.1) is 6.61 Å². The second-order valence-electron chi connectivity index (χ2n) is 5.69. The number of hydrogen-bond acceptors (Lipinski definition) is 4. The van der Waals surface area contributed by atoms with Crippen LogP contribution in [0, 0.1) is 5.82 Å². The molecule has 24 heavy (non-hydrogen) atoms. The number of rotatable bonds is 2. The highest BCUT2D eigenvalue weighted by Gasteiger charge is 2.30. The van der Waals surface area contributed by atoms with Crippen LogP contribution in [0.15, 0.2) is 24.3 Å². The van der Waals surface area contributed by atoms with Crippen molar-refractivity contribution in [3.05, 3.63) is 35.6 Å². The molecule has 132 valence electrons. The van der Waals surface area contributed by atoms with Crippen molar-refractivity contribution < 1.29 is 18.7 Å². The molecule has 1 aromatic carbocycles. The van der Waals surface area contributed by atoms with Crippen LogP contribution in [-0.2, 0) is 9.53 Å². The minimum atomic E-state index is -0.428. The molecule has 8 heteroatoms. The van der Waals surface area contributed by atoms with E-state index in [9.17, 15) is 14.0 Å². The number of nitrogens with zero attached hydrogens (tertiary/aromatic N) is 2. The number of ether oxygens (including phenoxy) is 1. The van der Waals surface area contributed by atoms with Crippen LogP contribution in [0.1, 0.15) is 10.4 Å². The minimum Gasteiger partial charge on any atom is -0.366 e. The summed E-state index contributed by atoms with van der Waals surface area (Å²) in [7, 11) is 0. The number of piperazine rings is 1. The average molecular weight is 358 g/mol. The van der Waals surface area contributed by atoms with E-state index in [-0.39, 0.29) is 30.0 Å². The fraction of sp³-hybridized carbons (Fsp3) is 0.500. The molecule has 0 saturated carbocycles. The van der Waals surface area contributed by atoms with E-state index in [4.69, 9.17) is 4.74 Å². The van der Waals surface area contributed by atoms with Gasteiger partial charge >= 0.3 is 0 Å². The molecule has 1 N–H and O–H groups in total. The summed E-state index contributed by atoms with van der Waals surface area (Å²) in [5.74, 6) is -0.517. The molecule has 2 fully saturated rings. The maximum absolute atomic E-state index is 12.9. The first-order valence-electron chi connectivity index (χ1n) is 7.81. The molecule has 0 aromatic heterocycles. The van der Waals surface area contributed by atoms with Gasteiger partial charge in [-0.15, -0.1) is 12.4 Å². The molecule has 3 rings (SSSR count). The van der Waals surface area contributed by atoms with Gasteiger partial charge < -0.3 is 19.9 Å². The molecule has 2 amide bonds. The first-order chi connectivity index (χ1) is 11.1. The lowest BCUT2D eigenvalue weighted by Crippen LogP contribution is -2.56. The Hall–Kier alpha value is -1.70. The predicted octanol–water partition coefficient (Wildman–Crippen LogP) is 0.520. The lowest BCUT2D eigenvalue weighted by Gasteiger charge is -2.37. The Balaban J connectivity index is 0.00000208. The average Bonchev–Trinajstić information content (AvgIpc) is 2.62. The number of nitrogens with one attached hydrogen (secondary N) is 1. The molecule has 1 aromatic rings. The van der Waals surface area contributed by atoms with E-state index in [0.29, 0.717) is 44.9 Å². The van der Waals surface area contributed by atoms with Crippen molar-refractivity contribution in [2.45, 2.75) is 6.10 Å². The Morgan fingerprint density at radius 3 is 2.29 bits per heavy atom. The summed E-state index contributed by atoms with van der Waals surface area (Å²) in [5.41, 5.74) is 0.464. The van der Waals surface area contributed by atoms with Crippen LogP contribution in [0.25, 0.3) is 0 Å². The van der Waals surface area contributed by atoms with Crippen LogP contribution >= 0.6 is 12.4 Å². The third kappa shape index (κ3) is 4.23. The van der Waals surface area contributed by atoms with E-state index >= 15 is 0 Å². The van der Waals surface area contributed by atoms with Gasteiger partial charge in [0.1, 0.15) is 11.9 Å². The SMILES string of the molecule is Cl.O=C(c1ccc(F)cc1)N1CCN(C(=O)C2CNCCO2)CC1. The van der Waals surface area contributed by atoms with Crippen LogP contribution in [-0.4, -0.2) is 73.6 Å². The lowest BCUT2D eigenvalue weighted by molar-refractivity contribution is -0.146. The fourth-order valence-corrected chi connectivity index (χ4v) is 2.83. The number of halogens is 2. The monoisotopic (exact) mass is 357 g/mol. The minimum absolute atomic E-state index is 0. The molecular weight excluding hydrogens is 337 g/mol. The maximum atomic E-state index is 12.9. The summed E-state index contributed by atoms with van der Waals surface area (Å²) in [6.45, 7) is 3.78. The first-order valence-corrected chi connectivity index (χ1v) is 7.81. The third-order valence-corrected chi connectivity index (χ3v) is 4.17. The number of morpholine rings is 1. The van der Waals surface area contributed by atoms with Crippen LogP contribution in [0.5, 0.6) is 0 Å². The quantitative estimate of drug-likeness (QED) is 0.838. The summed E-state index contributed by atoms with van der Waals surface area (Å²) >= 11 is 0. The zero-order valence-electron chi connectivity index (χ0n) is 13.2. The number of carbonyl (C=O) groups excluding carboxylic acids is 2. The van der Waals surface area contributed by atoms with Crippen molar-refractivity contribution in [3.8, 4) is 0 Å². The van der Waals surface area contributed by atoms with E-state index < -0.39 is 6.10 Å². The number of carbonyl (C=O) groups is 2. The number of benzene rings is 1. The summed E-state index contributed by atoms with van der Waals surface area (Å²) in [5, 5.41) is 3.14. The van der Waals surface area contributed by atoms with E-state index in [1.165, 1.54) is 24.3 Å². The summed E-state index contributed by atoms with van der Waals surface area (Å²) in [6, 6.07) is 5.52. The van der Waals surface area contributed by atoms with Crippen LogP contribution in [0.3, 0.4) is 0 Å². The third-order valence-electron chi connectivity index (χ3n) is 4.17. The van der Waals surface area contributed by atoms with E-state index in [0.717, 1.165) is 6.54 Å². The van der Waals surface area contributed by atoms with Crippen LogP contribution in [0.4, 0.5) is 4.39 Å². The highest BCUT2D eigenvalue weighted by Crippen LogP contribution is 2.12. The second-order valence-corrected chi connectivity index (χ2v) is 5.69. The van der Waals surface area contributed by atoms with Gasteiger partial charge in [0.25, 0.3) is 11.8 Å². The molecule has 2 saturated heterocycles. The smallest absolute Gasteiger partial charge is 0.253 e. The van der Waals surface area contributed by atoms with Crippen LogP contribution < -0.4 is 5.32 Å². The first kappa shape index (κ1) is 18.6. The molecule has 1 unspecified atom stereocenters. The van der Waals surface area contributed by atoms with Crippen molar-refractivity contribution in [2.24, 2.45) is 0 Å². The van der Waals surface area contributed by atoms with E-state index in [1.807, 2.05) is 0 Å². The summed E-state index contributed by atoms with van der Waals surface area (Å²) < 4.78 is 18.4. The van der Waals surface area contributed by atoms with Gasteiger partial charge in [0.15, 0.2) is 0 Å². The van der Waals surface area contributed by atoms with Gasteiger partial charge in [-0.2, -0.15) is 0 Å². The Morgan fingerprint density at radius 2 is 1.71 bits per heavy atom. The molecule has 0 radical (unpaired) electrons. The molecule has 2 aliphatic rings. The lowest BCUT2D eigenvalue weighted by atomic mass is 10.1. The van der Waals surface area contributed by atoms with Gasteiger partial charge in [0, 0.05) is 44.8 Å². The van der Waals surface area contributed by atoms with Gasteiger partial charge in [-0.05, 0) is 24.3 Å². The zero-order chi connectivity index (χ0) is 16.2. The molecule has 6 nitrogen and oxygen atoms in total. The summed E-state index contributed by atoms with van der Waals surface area (Å²) in [4.78, 5) is 28.1. The normalized spacial score (nSPS) is 21.1. The standard InChI is InChI=1S/C16H20FN3O3.ClH/c17-13-3-1-12(2-4-13)15(21)19-6-8-20(9-7-19)16(22)14-11-18-5-10-23-14;/h1-4,14,18H,5-11H2;1H. The van der Waals surface area contributed by atoms with Crippen molar-refractivity contribution in [2.75, 3.05) is 45.9 Å². The van der Waals surface area contributed by atoms with Crippen molar-refractivity contribution >= 4 is 24.2 Å². The van der Waals surface area contributed by atoms with Gasteiger partial charge in [-0.3, -0.25) is 9.59 Å². The fourth-order valence-electron chi connectivity index (χ4n) is 2.83. The molecule has 0 spiro atoms. The highest BCUT2D eigenvalue weighted by atomic mass is 35.5. The van der Waals surface area contributed by atoms with E-state index in [1.54, 1.807) is 9.80 Å². The van der Waals surface area contributed by atoms with Crippen molar-refractivity contribution in [1.82, 2.24) is 15.1 Å². The van der Waals surface area contributed by atoms with E-state index in [2.05, 4.69) is 5.32 Å². The topological polar surface area (TPSA) is 61.9 Å². The molecule has 2 aliphatic heterocycles. The van der Waals surface area contributed by atoms with Gasteiger partial charge in [-0.25, -0.2) is 4.39 Å². The molecule has 1 atom stereocenters. The Kier molecular flexibility index (Phi) is 6.53. The highest BCUT2D eigenvalue weighted by molar-refractivity contribution is 5.94. The van der Waals surface area contributed by atoms with Gasteiger partial charge in [-0.1, -0.05) is 0 Å². The molecule has 0 aliphatic carbocycles. The molecule has 2 heterocycles. The summed E-state index contributed by atoms with van der Waals surface area (Å²) in [6.07, 6.45) is -0.428. The van der Waals surface area contributed by atoms with Gasteiger partial charge in [0.2, 0.25) is 0 Å². The Labute approximate surface area is 146 Å². The number of hydrogen-bond donors (Lipinski definition) is 1. The second kappa shape index (κ2) is 8.41. The van der Waals surface area contributed by atoms with Crippen molar-refractivity contribution in [3.63, 3.8) is 0 Å². The predicted molar refractivity (Wildman–Crippen MR) is 88.7 cm³/mol. The largest absolute Gasteiger partial charge is 0.366 e. The molecular formula is C16H21ClFN3O3. The molecule has 0 bridgehead atoms. The maximum Gasteiger partial charge on any atom is 0.253 e. The number of amides is 2. The van der Waals surface area contributed by atoms with Crippen molar-refractivity contribution in [1.29, 1.82) is 0 Å².